The number of methoxy groups -OCH3 is 1. The van der Waals surface area contributed by atoms with Gasteiger partial charge in [-0.15, -0.1) is 0 Å². The molecule has 0 amide bonds. The van der Waals surface area contributed by atoms with Gasteiger partial charge in [-0.3, -0.25) is 0 Å². The fraction of sp³-hybridized carbons (Fsp3) is 0.857. The molecule has 62 valence electrons. The maximum Gasteiger partial charge on any atom is -1.00 e. The molecule has 0 aromatic carbocycles. The summed E-state index contributed by atoms with van der Waals surface area (Å²) in [4.78, 5) is 10.6. The Labute approximate surface area is 95.1 Å². The van der Waals surface area contributed by atoms with E-state index in [0.717, 1.165) is 6.42 Å². The zero-order valence-corrected chi connectivity index (χ0v) is 12.1. The number of carbonyl (C=O) groups is 1. The van der Waals surface area contributed by atoms with Crippen LogP contribution in [0.15, 0.2) is 0 Å². The molecule has 0 bridgehead atoms. The van der Waals surface area contributed by atoms with Crippen LogP contribution in [0, 0.1) is 0 Å². The van der Waals surface area contributed by atoms with Crippen LogP contribution in [-0.4, -0.2) is 13.1 Å². The van der Waals surface area contributed by atoms with Crippen LogP contribution >= 0.6 is 0 Å². The van der Waals surface area contributed by atoms with Crippen LogP contribution in [0.2, 0.25) is 5.02 Å². The van der Waals surface area contributed by atoms with Crippen molar-refractivity contribution in [1.29, 1.82) is 0 Å². The Morgan fingerprint density at radius 2 is 2.00 bits per heavy atom. The number of ether oxygens (including phenoxy) is 1. The number of rotatable bonds is 5. The van der Waals surface area contributed by atoms with Gasteiger partial charge in [0.2, 0.25) is 0 Å². The number of carbonyl (C=O) groups excluding carboxylic acids is 1. The number of hydrogen-bond donors (Lipinski definition) is 0. The molecule has 0 rings (SSSR count). The first kappa shape index (κ1) is 14.4. The van der Waals surface area contributed by atoms with Crippen LogP contribution < -0.4 is 24.0 Å². The normalized spacial score (nSPS) is 8.64. The minimum absolute atomic E-state index is 0. The van der Waals surface area contributed by atoms with Gasteiger partial charge in [-0.1, -0.05) is 0 Å². The number of unbranched alkanes of at least 4 members (excludes halogenated alkanes) is 2. The molecule has 0 aliphatic carbocycles. The van der Waals surface area contributed by atoms with Crippen LogP contribution in [0.1, 0.15) is 25.7 Å². The van der Waals surface area contributed by atoms with E-state index in [1.165, 1.54) is 43.3 Å². The van der Waals surface area contributed by atoms with Crippen molar-refractivity contribution in [2.75, 3.05) is 7.11 Å². The molecule has 0 atom stereocenters. The molecule has 0 spiro atoms. The average molecular weight is 321 g/mol. The molecule has 0 saturated carbocycles. The van der Waals surface area contributed by atoms with Crippen LogP contribution in [0.25, 0.3) is 0 Å². The maximum atomic E-state index is 10.6. The molecule has 0 unspecified atom stereocenters. The second-order valence-corrected chi connectivity index (χ2v) is 3.72. The number of halogens is 1. The van der Waals surface area contributed by atoms with Crippen molar-refractivity contribution < 1.29 is 51.8 Å². The smallest absolute Gasteiger partial charge is 1.00 e. The van der Waals surface area contributed by atoms with E-state index < -0.39 is 0 Å². The molecule has 0 saturated heterocycles. The summed E-state index contributed by atoms with van der Waals surface area (Å²) in [6.07, 6.45) is 4.04. The van der Waals surface area contributed by atoms with E-state index in [1.807, 2.05) is 0 Å². The number of hydrogen-bond acceptors (Lipinski definition) is 2. The first-order valence-corrected chi connectivity index (χ1v) is 5.77. The molecule has 11 heavy (non-hydrogen) atoms. The summed E-state index contributed by atoms with van der Waals surface area (Å²) in [6, 6.07) is 0. The Bertz CT molecular complexity index is 98.4. The van der Waals surface area contributed by atoms with Crippen LogP contribution in [0.5, 0.6) is 0 Å². The van der Waals surface area contributed by atoms with Crippen molar-refractivity contribution >= 4 is 5.97 Å². The van der Waals surface area contributed by atoms with Gasteiger partial charge in [-0.25, -0.2) is 0 Å². The minimum Gasteiger partial charge on any atom is -1.00 e. The van der Waals surface area contributed by atoms with Crippen molar-refractivity contribution in [3.05, 3.63) is 0 Å². The zero-order valence-electron chi connectivity index (χ0n) is 6.94. The molecule has 4 heteroatoms. The van der Waals surface area contributed by atoms with Gasteiger partial charge < -0.3 is 24.0 Å². The van der Waals surface area contributed by atoms with Gasteiger partial charge in [0.1, 0.15) is 0 Å². The van der Waals surface area contributed by atoms with Gasteiger partial charge in [0, 0.05) is 0 Å². The second-order valence-electron chi connectivity index (χ2n) is 2.24. The van der Waals surface area contributed by atoms with E-state index in [4.69, 9.17) is 0 Å². The van der Waals surface area contributed by atoms with E-state index in [1.54, 1.807) is 0 Å². The molecular weight excluding hydrogens is 308 g/mol. The van der Waals surface area contributed by atoms with Gasteiger partial charge >= 0.3 is 71.6 Å². The Morgan fingerprint density at radius 1 is 1.36 bits per heavy atom. The molecule has 0 aliphatic heterocycles. The Morgan fingerprint density at radius 3 is 2.45 bits per heavy atom. The first-order chi connectivity index (χ1) is 4.81. The van der Waals surface area contributed by atoms with Crippen LogP contribution in [0.4, 0.5) is 0 Å². The largest absolute Gasteiger partial charge is 1.00 e. The molecule has 0 N–H and O–H groups in total. The van der Waals surface area contributed by atoms with E-state index in [0.29, 0.717) is 6.42 Å². The summed E-state index contributed by atoms with van der Waals surface area (Å²) >= 11 is 1.37. The quantitative estimate of drug-likeness (QED) is 0.272. The van der Waals surface area contributed by atoms with E-state index >= 15 is 0 Å². The van der Waals surface area contributed by atoms with Crippen molar-refractivity contribution in [3.63, 3.8) is 0 Å². The summed E-state index contributed by atoms with van der Waals surface area (Å²) in [7, 11) is 1.44. The molecular formula is C7H13IO2Zn. The first-order valence-electron chi connectivity index (χ1n) is 3.67. The van der Waals surface area contributed by atoms with Crippen LogP contribution in [-0.2, 0) is 27.8 Å². The monoisotopic (exact) mass is 320 g/mol. The number of esters is 1. The van der Waals surface area contributed by atoms with Gasteiger partial charge in [-0.2, -0.15) is 0 Å². The fourth-order valence-corrected chi connectivity index (χ4v) is 1.47. The zero-order chi connectivity index (χ0) is 7.82. The Balaban J connectivity index is 0. The summed E-state index contributed by atoms with van der Waals surface area (Å²) in [5, 5.41) is 1.33. The summed E-state index contributed by atoms with van der Waals surface area (Å²) in [6.45, 7) is 0. The van der Waals surface area contributed by atoms with E-state index in [-0.39, 0.29) is 29.9 Å². The van der Waals surface area contributed by atoms with Gasteiger partial charge in [-0.05, 0) is 0 Å². The van der Waals surface area contributed by atoms with Gasteiger partial charge in [0.15, 0.2) is 0 Å². The van der Waals surface area contributed by atoms with E-state index in [2.05, 4.69) is 4.74 Å². The summed E-state index contributed by atoms with van der Waals surface area (Å²) in [5.41, 5.74) is 0. The Hall–Kier alpha value is 0.823. The maximum absolute atomic E-state index is 10.6. The fourth-order valence-electron chi connectivity index (χ4n) is 0.725. The van der Waals surface area contributed by atoms with E-state index in [9.17, 15) is 4.79 Å². The second kappa shape index (κ2) is 10.8. The molecule has 0 fully saturated rings. The van der Waals surface area contributed by atoms with Crippen LogP contribution in [0.3, 0.4) is 0 Å². The molecule has 0 aliphatic rings. The third kappa shape index (κ3) is 10.8. The predicted molar refractivity (Wildman–Crippen MR) is 35.3 cm³/mol. The standard InChI is InChI=1S/C7H13O2.HI.Zn/c1-3-4-5-6-7(8)9-2;;/h1,3-6H2,2H3;1H;/q;;+1/p-1. The summed E-state index contributed by atoms with van der Waals surface area (Å²) < 4.78 is 4.50. The minimum atomic E-state index is -0.0767. The Kier molecular flexibility index (Phi) is 14.1. The third-order valence-corrected chi connectivity index (χ3v) is 2.41. The molecule has 2 nitrogen and oxygen atoms in total. The van der Waals surface area contributed by atoms with Crippen molar-refractivity contribution in [1.82, 2.24) is 0 Å². The third-order valence-electron chi connectivity index (χ3n) is 1.36. The van der Waals surface area contributed by atoms with Gasteiger partial charge in [0.05, 0.1) is 0 Å². The van der Waals surface area contributed by atoms with Gasteiger partial charge in [0.25, 0.3) is 0 Å². The predicted octanol–water partition coefficient (Wildman–Crippen LogP) is -1.31. The van der Waals surface area contributed by atoms with Crippen molar-refractivity contribution in [3.8, 4) is 0 Å². The average Bonchev–Trinajstić information content (AvgIpc) is 1.98. The van der Waals surface area contributed by atoms with Crippen molar-refractivity contribution in [2.45, 2.75) is 30.7 Å². The SMILES string of the molecule is COC(=O)CCCC[CH2][Zn+].[I-]. The molecule has 0 heterocycles. The molecule has 0 aromatic rings. The molecule has 0 aromatic heterocycles. The topological polar surface area (TPSA) is 26.3 Å². The molecule has 0 radical (unpaired) electrons. The van der Waals surface area contributed by atoms with Crippen molar-refractivity contribution in [2.24, 2.45) is 0 Å². The summed E-state index contributed by atoms with van der Waals surface area (Å²) in [5.74, 6) is -0.0767.